The molecular weight excluding hydrogens is 448 g/mol. The van der Waals surface area contributed by atoms with Crippen LogP contribution in [0.4, 0.5) is 4.39 Å². The Kier molecular flexibility index (Phi) is 5.87. The van der Waals surface area contributed by atoms with Crippen LogP contribution in [0.1, 0.15) is 35.1 Å². The van der Waals surface area contributed by atoms with Gasteiger partial charge in [-0.1, -0.05) is 59.6 Å². The predicted molar refractivity (Wildman–Crippen MR) is 130 cm³/mol. The highest BCUT2D eigenvalue weighted by molar-refractivity contribution is 8.00. The van der Waals surface area contributed by atoms with Crippen molar-refractivity contribution >= 4 is 47.1 Å². The van der Waals surface area contributed by atoms with Crippen molar-refractivity contribution < 1.29 is 4.39 Å². The van der Waals surface area contributed by atoms with E-state index in [0.29, 0.717) is 16.1 Å². The Labute approximate surface area is 196 Å². The normalized spacial score (nSPS) is 22.5. The van der Waals surface area contributed by atoms with Gasteiger partial charge in [0.05, 0.1) is 4.75 Å². The number of hydrogen-bond acceptors (Lipinski definition) is 2. The molecule has 1 fully saturated rings. The molecule has 0 amide bonds. The van der Waals surface area contributed by atoms with Crippen LogP contribution in [0.25, 0.3) is 12.2 Å². The van der Waals surface area contributed by atoms with Gasteiger partial charge in [0.2, 0.25) is 0 Å². The number of thioether (sulfide) groups is 1. The summed E-state index contributed by atoms with van der Waals surface area (Å²) in [7, 11) is 0. The maximum Gasteiger partial charge on any atom is 0.123 e. The van der Waals surface area contributed by atoms with Crippen molar-refractivity contribution in [3.05, 3.63) is 98.8 Å². The molecule has 0 aromatic heterocycles. The molecule has 3 aromatic rings. The van der Waals surface area contributed by atoms with Gasteiger partial charge >= 0.3 is 0 Å². The SMILES string of the molecule is Fc1ccc(SC23CCNC2CCc2cc(/C=C/c4c(Cl)cccc4Cl)ccc23)cc1. The summed E-state index contributed by atoms with van der Waals surface area (Å²) in [4.78, 5) is 1.11. The first-order valence-corrected chi connectivity index (χ1v) is 12.1. The van der Waals surface area contributed by atoms with Crippen molar-refractivity contribution in [3.8, 4) is 0 Å². The zero-order chi connectivity index (χ0) is 21.4. The molecule has 1 heterocycles. The molecule has 158 valence electrons. The van der Waals surface area contributed by atoms with Crippen LogP contribution in [0.15, 0.2) is 65.6 Å². The van der Waals surface area contributed by atoms with E-state index in [1.807, 2.05) is 48.2 Å². The van der Waals surface area contributed by atoms with E-state index in [1.54, 1.807) is 12.1 Å². The van der Waals surface area contributed by atoms with Crippen molar-refractivity contribution in [2.24, 2.45) is 0 Å². The highest BCUT2D eigenvalue weighted by Crippen LogP contribution is 2.53. The fourth-order valence-electron chi connectivity index (χ4n) is 4.81. The van der Waals surface area contributed by atoms with Gasteiger partial charge in [-0.05, 0) is 78.9 Å². The van der Waals surface area contributed by atoms with Crippen molar-refractivity contribution in [3.63, 3.8) is 0 Å². The molecule has 1 aliphatic carbocycles. The monoisotopic (exact) mass is 469 g/mol. The van der Waals surface area contributed by atoms with E-state index in [1.165, 1.54) is 11.1 Å². The second-order valence-corrected chi connectivity index (χ2v) is 10.3. The average molecular weight is 470 g/mol. The van der Waals surface area contributed by atoms with Crippen LogP contribution in [0.5, 0.6) is 0 Å². The third kappa shape index (κ3) is 4.05. The Balaban J connectivity index is 1.48. The first-order valence-electron chi connectivity index (χ1n) is 10.5. The largest absolute Gasteiger partial charge is 0.312 e. The van der Waals surface area contributed by atoms with Crippen LogP contribution in [-0.2, 0) is 11.2 Å². The molecule has 0 spiro atoms. The Hall–Kier alpha value is -1.78. The molecule has 0 radical (unpaired) electrons. The first kappa shape index (κ1) is 21.1. The molecule has 1 saturated heterocycles. The summed E-state index contributed by atoms with van der Waals surface area (Å²) in [6.07, 6.45) is 7.28. The van der Waals surface area contributed by atoms with Crippen molar-refractivity contribution in [1.29, 1.82) is 0 Å². The molecule has 1 aliphatic heterocycles. The molecule has 5 heteroatoms. The van der Waals surface area contributed by atoms with Crippen LogP contribution < -0.4 is 5.32 Å². The number of hydrogen-bond donors (Lipinski definition) is 1. The zero-order valence-electron chi connectivity index (χ0n) is 16.9. The van der Waals surface area contributed by atoms with E-state index in [2.05, 4.69) is 29.6 Å². The van der Waals surface area contributed by atoms with E-state index in [9.17, 15) is 4.39 Å². The van der Waals surface area contributed by atoms with Gasteiger partial charge in [-0.3, -0.25) is 0 Å². The average Bonchev–Trinajstić information content (AvgIpc) is 3.19. The number of rotatable bonds is 4. The molecule has 5 rings (SSSR count). The molecule has 3 aromatic carbocycles. The topological polar surface area (TPSA) is 12.0 Å². The maximum atomic E-state index is 13.4. The number of aryl methyl sites for hydroxylation is 1. The van der Waals surface area contributed by atoms with Gasteiger partial charge in [0.1, 0.15) is 5.82 Å². The molecule has 0 saturated carbocycles. The van der Waals surface area contributed by atoms with E-state index in [4.69, 9.17) is 23.2 Å². The minimum Gasteiger partial charge on any atom is -0.312 e. The molecule has 1 nitrogen and oxygen atoms in total. The number of fused-ring (bicyclic) bond motifs is 3. The van der Waals surface area contributed by atoms with E-state index in [0.717, 1.165) is 41.8 Å². The van der Waals surface area contributed by atoms with Crippen molar-refractivity contribution in [1.82, 2.24) is 5.32 Å². The van der Waals surface area contributed by atoms with Gasteiger partial charge in [-0.25, -0.2) is 4.39 Å². The minimum atomic E-state index is -0.193. The lowest BCUT2D eigenvalue weighted by atomic mass is 9.78. The zero-order valence-corrected chi connectivity index (χ0v) is 19.2. The Morgan fingerprint density at radius 1 is 1.00 bits per heavy atom. The van der Waals surface area contributed by atoms with Crippen molar-refractivity contribution in [2.45, 2.75) is 34.9 Å². The quantitative estimate of drug-likeness (QED) is 0.394. The molecule has 2 atom stereocenters. The Morgan fingerprint density at radius 3 is 2.55 bits per heavy atom. The number of halogens is 3. The lowest BCUT2D eigenvalue weighted by Gasteiger charge is -2.40. The highest BCUT2D eigenvalue weighted by Gasteiger charge is 2.48. The second-order valence-electron chi connectivity index (χ2n) is 8.13. The van der Waals surface area contributed by atoms with Crippen LogP contribution in [-0.4, -0.2) is 12.6 Å². The minimum absolute atomic E-state index is 0.0142. The fourth-order valence-corrected chi connectivity index (χ4v) is 6.88. The van der Waals surface area contributed by atoms with E-state index >= 15 is 0 Å². The third-order valence-corrected chi connectivity index (χ3v) is 8.53. The second kappa shape index (κ2) is 8.63. The molecular formula is C26H22Cl2FNS. The van der Waals surface area contributed by atoms with Crippen LogP contribution >= 0.6 is 35.0 Å². The summed E-state index contributed by atoms with van der Waals surface area (Å²) in [5.41, 5.74) is 4.77. The predicted octanol–water partition coefficient (Wildman–Crippen LogP) is 7.60. The highest BCUT2D eigenvalue weighted by atomic mass is 35.5. The molecule has 1 N–H and O–H groups in total. The Morgan fingerprint density at radius 2 is 1.77 bits per heavy atom. The van der Waals surface area contributed by atoms with Gasteiger partial charge in [-0.2, -0.15) is 0 Å². The first-order chi connectivity index (χ1) is 15.0. The summed E-state index contributed by atoms with van der Waals surface area (Å²) < 4.78 is 13.4. The summed E-state index contributed by atoms with van der Waals surface area (Å²) in [5.74, 6) is -0.193. The summed E-state index contributed by atoms with van der Waals surface area (Å²) in [5, 5.41) is 5.01. The molecule has 2 aliphatic rings. The van der Waals surface area contributed by atoms with Crippen LogP contribution in [0.3, 0.4) is 0 Å². The summed E-state index contributed by atoms with van der Waals surface area (Å²) in [6.45, 7) is 1.00. The van der Waals surface area contributed by atoms with Crippen LogP contribution in [0, 0.1) is 5.82 Å². The van der Waals surface area contributed by atoms with Crippen molar-refractivity contribution in [2.75, 3.05) is 6.54 Å². The fraction of sp³-hybridized carbons (Fsp3) is 0.231. The van der Waals surface area contributed by atoms with Gasteiger partial charge < -0.3 is 5.32 Å². The maximum absolute atomic E-state index is 13.4. The molecule has 2 unspecified atom stereocenters. The van der Waals surface area contributed by atoms with E-state index < -0.39 is 0 Å². The summed E-state index contributed by atoms with van der Waals surface area (Å²) in [6, 6.07) is 19.6. The smallest absolute Gasteiger partial charge is 0.123 e. The lowest BCUT2D eigenvalue weighted by molar-refractivity contribution is 0.447. The summed E-state index contributed by atoms with van der Waals surface area (Å²) >= 11 is 14.5. The van der Waals surface area contributed by atoms with Crippen LogP contribution in [0.2, 0.25) is 10.0 Å². The van der Waals surface area contributed by atoms with E-state index in [-0.39, 0.29) is 10.6 Å². The van der Waals surface area contributed by atoms with Gasteiger partial charge in [0, 0.05) is 26.5 Å². The van der Waals surface area contributed by atoms with Gasteiger partial charge in [0.15, 0.2) is 0 Å². The standard InChI is InChI=1S/C26H22Cl2FNS/c27-23-2-1-3-24(28)21(23)11-4-17-5-12-22-18(16-17)6-13-25-26(22,14-15-30-25)31-20-9-7-19(29)8-10-20/h1-5,7-12,16,25,30H,6,13-15H2/b11-4+. The Bertz CT molecular complexity index is 1120. The number of nitrogens with one attached hydrogen (secondary N) is 1. The van der Waals surface area contributed by atoms with Gasteiger partial charge in [0.25, 0.3) is 0 Å². The number of benzene rings is 3. The molecule has 31 heavy (non-hydrogen) atoms. The van der Waals surface area contributed by atoms with Gasteiger partial charge in [-0.15, -0.1) is 11.8 Å². The molecule has 0 bridgehead atoms. The third-order valence-electron chi connectivity index (χ3n) is 6.29. The lowest BCUT2D eigenvalue weighted by Crippen LogP contribution is -2.41.